The number of rotatable bonds is 5. The average Bonchev–Trinajstić information content (AvgIpc) is 2.78. The van der Waals surface area contributed by atoms with Crippen LogP contribution in [0.4, 0.5) is 0 Å². The number of nitrogens with zero attached hydrogens (tertiary/aromatic N) is 1. The summed E-state index contributed by atoms with van der Waals surface area (Å²) in [7, 11) is 0. The van der Waals surface area contributed by atoms with Gasteiger partial charge in [0.05, 0.1) is 0 Å². The lowest BCUT2D eigenvalue weighted by atomic mass is 10.1. The third-order valence-electron chi connectivity index (χ3n) is 3.73. The van der Waals surface area contributed by atoms with Crippen LogP contribution < -0.4 is 0 Å². The van der Waals surface area contributed by atoms with Crippen LogP contribution in [0.3, 0.4) is 0 Å². The molecule has 0 saturated carbocycles. The zero-order valence-corrected chi connectivity index (χ0v) is 10.4. The number of likely N-dealkylation sites (tertiary alicyclic amines) is 1. The Morgan fingerprint density at radius 1 is 1.25 bits per heavy atom. The molecule has 16 heavy (non-hydrogen) atoms. The van der Waals surface area contributed by atoms with Crippen molar-refractivity contribution in [3.8, 4) is 0 Å². The first-order valence-electron chi connectivity index (χ1n) is 6.64. The maximum absolute atomic E-state index is 2.64. The van der Waals surface area contributed by atoms with Crippen molar-refractivity contribution in [1.29, 1.82) is 0 Å². The minimum Gasteiger partial charge on any atom is -0.303 e. The maximum Gasteiger partial charge on any atom is 0.00100 e. The first-order valence-corrected chi connectivity index (χ1v) is 6.64. The van der Waals surface area contributed by atoms with Gasteiger partial charge in [-0.05, 0) is 43.8 Å². The highest BCUT2D eigenvalue weighted by Gasteiger charge is 2.19. The fraction of sp³-hybridized carbons (Fsp3) is 0.600. The molecule has 0 N–H and O–H groups in total. The number of hydrogen-bond acceptors (Lipinski definition) is 1. The lowest BCUT2D eigenvalue weighted by molar-refractivity contribution is 0.318. The van der Waals surface area contributed by atoms with Crippen LogP contribution in [-0.2, 0) is 6.42 Å². The first-order chi connectivity index (χ1) is 7.88. The third-order valence-corrected chi connectivity index (χ3v) is 3.73. The molecular weight excluding hydrogens is 194 g/mol. The van der Waals surface area contributed by atoms with E-state index < -0.39 is 0 Å². The fourth-order valence-electron chi connectivity index (χ4n) is 2.60. The Balaban J connectivity index is 1.65. The van der Waals surface area contributed by atoms with Gasteiger partial charge in [-0.1, -0.05) is 43.7 Å². The number of aryl methyl sites for hydroxylation is 1. The van der Waals surface area contributed by atoms with Crippen LogP contribution >= 0.6 is 0 Å². The Kier molecular flexibility index (Phi) is 4.41. The summed E-state index contributed by atoms with van der Waals surface area (Å²) in [5, 5.41) is 0. The van der Waals surface area contributed by atoms with Gasteiger partial charge in [-0.2, -0.15) is 0 Å². The molecule has 88 valence electrons. The van der Waals surface area contributed by atoms with E-state index in [1.807, 2.05) is 0 Å². The van der Waals surface area contributed by atoms with Crippen molar-refractivity contribution in [1.82, 2.24) is 4.90 Å². The summed E-state index contributed by atoms with van der Waals surface area (Å²) >= 11 is 0. The molecule has 1 aliphatic heterocycles. The highest BCUT2D eigenvalue weighted by atomic mass is 15.1. The van der Waals surface area contributed by atoms with Gasteiger partial charge in [-0.15, -0.1) is 0 Å². The molecule has 1 heteroatoms. The molecule has 1 fully saturated rings. The molecule has 1 saturated heterocycles. The quantitative estimate of drug-likeness (QED) is 0.731. The lowest BCUT2D eigenvalue weighted by Crippen LogP contribution is -2.22. The van der Waals surface area contributed by atoms with Gasteiger partial charge < -0.3 is 4.90 Å². The van der Waals surface area contributed by atoms with Crippen LogP contribution in [0, 0.1) is 5.92 Å². The van der Waals surface area contributed by atoms with Crippen molar-refractivity contribution in [3.05, 3.63) is 35.9 Å². The van der Waals surface area contributed by atoms with Crippen LogP contribution in [0.2, 0.25) is 0 Å². The van der Waals surface area contributed by atoms with Crippen LogP contribution in [0.25, 0.3) is 0 Å². The SMILES string of the molecule is CCC1CCN(CCCc2ccccc2)C1. The first kappa shape index (κ1) is 11.7. The Hall–Kier alpha value is -0.820. The monoisotopic (exact) mass is 217 g/mol. The van der Waals surface area contributed by atoms with Crippen LogP contribution in [-0.4, -0.2) is 24.5 Å². The summed E-state index contributed by atoms with van der Waals surface area (Å²) in [5.41, 5.74) is 1.48. The second-order valence-electron chi connectivity index (χ2n) is 4.95. The topological polar surface area (TPSA) is 3.24 Å². The molecule has 1 unspecified atom stereocenters. The maximum atomic E-state index is 2.64. The van der Waals surface area contributed by atoms with E-state index in [1.165, 1.54) is 50.9 Å². The highest BCUT2D eigenvalue weighted by molar-refractivity contribution is 5.14. The molecule has 1 aliphatic rings. The van der Waals surface area contributed by atoms with E-state index in [9.17, 15) is 0 Å². The Morgan fingerprint density at radius 3 is 2.75 bits per heavy atom. The van der Waals surface area contributed by atoms with Crippen molar-refractivity contribution in [3.63, 3.8) is 0 Å². The van der Waals surface area contributed by atoms with Gasteiger partial charge in [0.1, 0.15) is 0 Å². The summed E-state index contributed by atoms with van der Waals surface area (Å²) in [6, 6.07) is 10.8. The molecule has 1 aromatic carbocycles. The van der Waals surface area contributed by atoms with E-state index >= 15 is 0 Å². The molecule has 0 amide bonds. The summed E-state index contributed by atoms with van der Waals surface area (Å²) in [5.74, 6) is 0.969. The van der Waals surface area contributed by atoms with Gasteiger partial charge in [-0.25, -0.2) is 0 Å². The van der Waals surface area contributed by atoms with Crippen molar-refractivity contribution in [2.45, 2.75) is 32.6 Å². The van der Waals surface area contributed by atoms with Gasteiger partial charge in [0.15, 0.2) is 0 Å². The van der Waals surface area contributed by atoms with Gasteiger partial charge in [0, 0.05) is 6.54 Å². The molecule has 2 rings (SSSR count). The molecule has 1 nitrogen and oxygen atoms in total. The van der Waals surface area contributed by atoms with Gasteiger partial charge in [-0.3, -0.25) is 0 Å². The molecule has 0 radical (unpaired) electrons. The summed E-state index contributed by atoms with van der Waals surface area (Å²) in [6.07, 6.45) is 5.31. The summed E-state index contributed by atoms with van der Waals surface area (Å²) in [6.45, 7) is 6.27. The van der Waals surface area contributed by atoms with Gasteiger partial charge in [0.2, 0.25) is 0 Å². The second-order valence-corrected chi connectivity index (χ2v) is 4.95. The lowest BCUT2D eigenvalue weighted by Gasteiger charge is -2.15. The highest BCUT2D eigenvalue weighted by Crippen LogP contribution is 2.19. The molecule has 1 heterocycles. The second kappa shape index (κ2) is 6.05. The molecular formula is C15H23N. The average molecular weight is 217 g/mol. The number of hydrogen-bond donors (Lipinski definition) is 0. The molecule has 1 aromatic rings. The standard InChI is InChI=1S/C15H23N/c1-2-14-10-12-16(13-14)11-6-9-15-7-4-3-5-8-15/h3-5,7-8,14H,2,6,9-13H2,1H3. The van der Waals surface area contributed by atoms with Crippen molar-refractivity contribution >= 4 is 0 Å². The van der Waals surface area contributed by atoms with Crippen LogP contribution in [0.15, 0.2) is 30.3 Å². The molecule has 1 atom stereocenters. The zero-order valence-electron chi connectivity index (χ0n) is 10.4. The van der Waals surface area contributed by atoms with E-state index in [4.69, 9.17) is 0 Å². The Morgan fingerprint density at radius 2 is 2.06 bits per heavy atom. The van der Waals surface area contributed by atoms with Crippen LogP contribution in [0.1, 0.15) is 31.7 Å². The Labute approximate surface area is 99.5 Å². The minimum atomic E-state index is 0.969. The number of benzene rings is 1. The van der Waals surface area contributed by atoms with Crippen molar-refractivity contribution in [2.24, 2.45) is 5.92 Å². The summed E-state index contributed by atoms with van der Waals surface area (Å²) < 4.78 is 0. The van der Waals surface area contributed by atoms with Gasteiger partial charge in [0.25, 0.3) is 0 Å². The fourth-order valence-corrected chi connectivity index (χ4v) is 2.60. The largest absolute Gasteiger partial charge is 0.303 e. The van der Waals surface area contributed by atoms with Crippen LogP contribution in [0.5, 0.6) is 0 Å². The Bertz CT molecular complexity index is 294. The minimum absolute atomic E-state index is 0.969. The molecule has 0 bridgehead atoms. The van der Waals surface area contributed by atoms with Crippen molar-refractivity contribution in [2.75, 3.05) is 19.6 Å². The molecule has 0 aromatic heterocycles. The normalized spacial score (nSPS) is 21.4. The van der Waals surface area contributed by atoms with E-state index in [2.05, 4.69) is 42.2 Å². The third kappa shape index (κ3) is 3.34. The van der Waals surface area contributed by atoms with E-state index in [0.717, 1.165) is 5.92 Å². The predicted molar refractivity (Wildman–Crippen MR) is 69.6 cm³/mol. The predicted octanol–water partition coefficient (Wildman–Crippen LogP) is 3.35. The van der Waals surface area contributed by atoms with E-state index in [-0.39, 0.29) is 0 Å². The molecule has 0 aliphatic carbocycles. The smallest absolute Gasteiger partial charge is 0.00100 e. The zero-order chi connectivity index (χ0) is 11.2. The summed E-state index contributed by atoms with van der Waals surface area (Å²) in [4.78, 5) is 2.64. The van der Waals surface area contributed by atoms with Crippen molar-refractivity contribution < 1.29 is 0 Å². The van der Waals surface area contributed by atoms with E-state index in [1.54, 1.807) is 0 Å². The van der Waals surface area contributed by atoms with E-state index in [0.29, 0.717) is 0 Å². The molecule has 0 spiro atoms. The van der Waals surface area contributed by atoms with Gasteiger partial charge >= 0.3 is 0 Å².